The van der Waals surface area contributed by atoms with Crippen LogP contribution in [0.25, 0.3) is 0 Å². The summed E-state index contributed by atoms with van der Waals surface area (Å²) in [5.74, 6) is 2.94. The van der Waals surface area contributed by atoms with E-state index >= 15 is 0 Å². The van der Waals surface area contributed by atoms with Crippen LogP contribution in [0.4, 0.5) is 0 Å². The molecule has 1 rings (SSSR count). The van der Waals surface area contributed by atoms with Crippen LogP contribution in [0.5, 0.6) is 0 Å². The molecule has 0 aliphatic rings. The van der Waals surface area contributed by atoms with Gasteiger partial charge in [0, 0.05) is 6.42 Å². The first-order valence-corrected chi connectivity index (χ1v) is 6.00. The number of rotatable bonds is 7. The molecule has 0 saturated carbocycles. The Balaban J connectivity index is 2.09. The van der Waals surface area contributed by atoms with Gasteiger partial charge in [-0.2, -0.15) is 0 Å². The van der Waals surface area contributed by atoms with Crippen LogP contribution in [-0.4, -0.2) is 6.54 Å². The van der Waals surface area contributed by atoms with Crippen molar-refractivity contribution in [1.29, 1.82) is 0 Å². The summed E-state index contributed by atoms with van der Waals surface area (Å²) >= 11 is 0. The molecule has 1 heterocycles. The predicted molar refractivity (Wildman–Crippen MR) is 63.9 cm³/mol. The zero-order chi connectivity index (χ0) is 11.1. The number of nitrogens with one attached hydrogen (secondary N) is 1. The molecule has 0 unspecified atom stereocenters. The first kappa shape index (κ1) is 12.3. The Morgan fingerprint density at radius 2 is 2.00 bits per heavy atom. The third kappa shape index (κ3) is 5.03. The Kier molecular flexibility index (Phi) is 5.48. The van der Waals surface area contributed by atoms with E-state index in [4.69, 9.17) is 4.42 Å². The van der Waals surface area contributed by atoms with Crippen molar-refractivity contribution in [3.63, 3.8) is 0 Å². The van der Waals surface area contributed by atoms with Gasteiger partial charge in [0.1, 0.15) is 11.5 Å². The van der Waals surface area contributed by atoms with Crippen molar-refractivity contribution >= 4 is 0 Å². The molecule has 0 aliphatic heterocycles. The average molecular weight is 209 g/mol. The van der Waals surface area contributed by atoms with Crippen molar-refractivity contribution in [1.82, 2.24) is 5.32 Å². The third-order valence-corrected chi connectivity index (χ3v) is 2.50. The number of hydrogen-bond donors (Lipinski definition) is 1. The molecular weight excluding hydrogens is 186 g/mol. The fraction of sp³-hybridized carbons (Fsp3) is 0.692. The molecule has 0 aliphatic carbocycles. The monoisotopic (exact) mass is 209 g/mol. The van der Waals surface area contributed by atoms with Gasteiger partial charge in [-0.25, -0.2) is 0 Å². The fourth-order valence-corrected chi connectivity index (χ4v) is 1.55. The minimum atomic E-state index is 0.808. The lowest BCUT2D eigenvalue weighted by Crippen LogP contribution is -2.14. The summed E-state index contributed by atoms with van der Waals surface area (Å²) in [7, 11) is 0. The molecule has 0 radical (unpaired) electrons. The number of aryl methyl sites for hydroxylation is 1. The minimum absolute atomic E-state index is 0.808. The van der Waals surface area contributed by atoms with Gasteiger partial charge in [0.25, 0.3) is 0 Å². The molecule has 1 N–H and O–H groups in total. The van der Waals surface area contributed by atoms with Crippen LogP contribution in [0.2, 0.25) is 0 Å². The van der Waals surface area contributed by atoms with Crippen molar-refractivity contribution in [2.75, 3.05) is 6.54 Å². The average Bonchev–Trinajstić information content (AvgIpc) is 2.65. The van der Waals surface area contributed by atoms with Gasteiger partial charge in [-0.3, -0.25) is 0 Å². The Morgan fingerprint density at radius 3 is 2.60 bits per heavy atom. The smallest absolute Gasteiger partial charge is 0.117 e. The summed E-state index contributed by atoms with van der Waals surface area (Å²) < 4.78 is 5.60. The molecule has 0 atom stereocenters. The molecule has 0 aromatic carbocycles. The van der Waals surface area contributed by atoms with Gasteiger partial charge in [-0.1, -0.05) is 20.8 Å². The molecule has 1 aromatic heterocycles. The van der Waals surface area contributed by atoms with E-state index in [-0.39, 0.29) is 0 Å². The lowest BCUT2D eigenvalue weighted by atomic mass is 10.1. The SMILES string of the molecule is CCc1ccc(CNCCCC(C)C)o1. The van der Waals surface area contributed by atoms with E-state index < -0.39 is 0 Å². The van der Waals surface area contributed by atoms with Gasteiger partial charge < -0.3 is 9.73 Å². The van der Waals surface area contributed by atoms with Crippen LogP contribution in [0.15, 0.2) is 16.5 Å². The second kappa shape index (κ2) is 6.67. The maximum atomic E-state index is 5.60. The topological polar surface area (TPSA) is 25.2 Å². The predicted octanol–water partition coefficient (Wildman–Crippen LogP) is 3.37. The van der Waals surface area contributed by atoms with Crippen molar-refractivity contribution in [3.05, 3.63) is 23.7 Å². The molecule has 2 nitrogen and oxygen atoms in total. The van der Waals surface area contributed by atoms with Crippen molar-refractivity contribution < 1.29 is 4.42 Å². The molecule has 1 aromatic rings. The highest BCUT2D eigenvalue weighted by Crippen LogP contribution is 2.08. The summed E-state index contributed by atoms with van der Waals surface area (Å²) in [6.07, 6.45) is 3.53. The van der Waals surface area contributed by atoms with Crippen LogP contribution in [0.1, 0.15) is 45.1 Å². The summed E-state index contributed by atoms with van der Waals surface area (Å²) in [6.45, 7) is 8.58. The van der Waals surface area contributed by atoms with E-state index in [1.165, 1.54) is 12.8 Å². The molecule has 0 bridgehead atoms. The van der Waals surface area contributed by atoms with E-state index in [2.05, 4.69) is 38.2 Å². The summed E-state index contributed by atoms with van der Waals surface area (Å²) in [5.41, 5.74) is 0. The zero-order valence-electron chi connectivity index (χ0n) is 10.2. The second-order valence-corrected chi connectivity index (χ2v) is 4.43. The molecule has 0 amide bonds. The van der Waals surface area contributed by atoms with E-state index in [0.717, 1.165) is 36.9 Å². The van der Waals surface area contributed by atoms with E-state index in [1.54, 1.807) is 0 Å². The summed E-state index contributed by atoms with van der Waals surface area (Å²) in [5, 5.41) is 3.40. The molecule has 86 valence electrons. The maximum absolute atomic E-state index is 5.60. The fourth-order valence-electron chi connectivity index (χ4n) is 1.55. The van der Waals surface area contributed by atoms with Crippen LogP contribution in [0.3, 0.4) is 0 Å². The van der Waals surface area contributed by atoms with Gasteiger partial charge in [0.2, 0.25) is 0 Å². The van der Waals surface area contributed by atoms with E-state index in [9.17, 15) is 0 Å². The Hall–Kier alpha value is -0.760. The lowest BCUT2D eigenvalue weighted by Gasteiger charge is -2.05. The lowest BCUT2D eigenvalue weighted by molar-refractivity contribution is 0.443. The molecule has 0 saturated heterocycles. The molecular formula is C13H23NO. The van der Waals surface area contributed by atoms with Crippen molar-refractivity contribution in [3.8, 4) is 0 Å². The van der Waals surface area contributed by atoms with Crippen LogP contribution in [-0.2, 0) is 13.0 Å². The van der Waals surface area contributed by atoms with Crippen molar-refractivity contribution in [2.24, 2.45) is 5.92 Å². The first-order valence-electron chi connectivity index (χ1n) is 6.00. The largest absolute Gasteiger partial charge is 0.465 e. The van der Waals surface area contributed by atoms with Crippen molar-refractivity contribution in [2.45, 2.75) is 46.6 Å². The Bertz CT molecular complexity index is 265. The highest BCUT2D eigenvalue weighted by atomic mass is 16.3. The Morgan fingerprint density at radius 1 is 1.27 bits per heavy atom. The number of hydrogen-bond acceptors (Lipinski definition) is 2. The van der Waals surface area contributed by atoms with Gasteiger partial charge in [0.05, 0.1) is 6.54 Å². The highest BCUT2D eigenvalue weighted by Gasteiger charge is 1.99. The standard InChI is InChI=1S/C13H23NO/c1-4-12-7-8-13(15-12)10-14-9-5-6-11(2)3/h7-8,11,14H,4-6,9-10H2,1-3H3. The van der Waals surface area contributed by atoms with Gasteiger partial charge in [-0.15, -0.1) is 0 Å². The van der Waals surface area contributed by atoms with Crippen LogP contribution >= 0.6 is 0 Å². The zero-order valence-corrected chi connectivity index (χ0v) is 10.2. The van der Waals surface area contributed by atoms with E-state index in [1.807, 2.05) is 0 Å². The quantitative estimate of drug-likeness (QED) is 0.696. The van der Waals surface area contributed by atoms with Gasteiger partial charge in [0.15, 0.2) is 0 Å². The second-order valence-electron chi connectivity index (χ2n) is 4.43. The molecule has 0 spiro atoms. The van der Waals surface area contributed by atoms with Gasteiger partial charge in [-0.05, 0) is 37.4 Å². The third-order valence-electron chi connectivity index (χ3n) is 2.50. The summed E-state index contributed by atoms with van der Waals surface area (Å²) in [4.78, 5) is 0. The van der Waals surface area contributed by atoms with Crippen LogP contribution in [0, 0.1) is 5.92 Å². The molecule has 15 heavy (non-hydrogen) atoms. The molecule has 0 fully saturated rings. The van der Waals surface area contributed by atoms with Crippen LogP contribution < -0.4 is 5.32 Å². The number of furan rings is 1. The maximum Gasteiger partial charge on any atom is 0.117 e. The normalized spacial score (nSPS) is 11.2. The van der Waals surface area contributed by atoms with E-state index in [0.29, 0.717) is 0 Å². The Labute approximate surface area is 93.1 Å². The minimum Gasteiger partial charge on any atom is -0.465 e. The highest BCUT2D eigenvalue weighted by molar-refractivity contribution is 5.06. The molecule has 2 heteroatoms. The summed E-state index contributed by atoms with van der Waals surface area (Å²) in [6, 6.07) is 4.12. The van der Waals surface area contributed by atoms with Gasteiger partial charge >= 0.3 is 0 Å². The first-order chi connectivity index (χ1) is 7.22.